The lowest BCUT2D eigenvalue weighted by Crippen LogP contribution is -2.49. The first kappa shape index (κ1) is 12.5. The molecule has 1 heterocycles. The Labute approximate surface area is 98.1 Å². The minimum absolute atomic E-state index is 0. The molecule has 1 aliphatic heterocycles. The van der Waals surface area contributed by atoms with Crippen molar-refractivity contribution in [1.82, 2.24) is 10.2 Å². The van der Waals surface area contributed by atoms with Crippen molar-refractivity contribution >= 4 is 12.4 Å². The summed E-state index contributed by atoms with van der Waals surface area (Å²) in [4.78, 5) is 2.53. The number of hydrogen-bond acceptors (Lipinski definition) is 2. The second kappa shape index (κ2) is 6.11. The lowest BCUT2D eigenvalue weighted by molar-refractivity contribution is 0.165. The summed E-state index contributed by atoms with van der Waals surface area (Å²) >= 11 is 0. The van der Waals surface area contributed by atoms with Crippen molar-refractivity contribution in [3.05, 3.63) is 35.9 Å². The molecule has 0 radical (unpaired) electrons. The van der Waals surface area contributed by atoms with Gasteiger partial charge in [0.2, 0.25) is 0 Å². The number of benzene rings is 1. The second-order valence-electron chi connectivity index (χ2n) is 4.01. The first-order valence-electron chi connectivity index (χ1n) is 5.35. The summed E-state index contributed by atoms with van der Waals surface area (Å²) in [5, 5.41) is 3.41. The summed E-state index contributed by atoms with van der Waals surface area (Å²) < 4.78 is 0. The van der Waals surface area contributed by atoms with Gasteiger partial charge in [0.05, 0.1) is 0 Å². The Balaban J connectivity index is 0.00000112. The largest absolute Gasteiger partial charge is 0.314 e. The normalized spacial score (nSPS) is 22.1. The van der Waals surface area contributed by atoms with Gasteiger partial charge < -0.3 is 5.32 Å². The fourth-order valence-corrected chi connectivity index (χ4v) is 1.94. The molecule has 84 valence electrons. The van der Waals surface area contributed by atoms with Gasteiger partial charge in [0, 0.05) is 32.2 Å². The van der Waals surface area contributed by atoms with E-state index in [0.29, 0.717) is 6.04 Å². The Morgan fingerprint density at radius 1 is 1.33 bits per heavy atom. The molecule has 15 heavy (non-hydrogen) atoms. The summed E-state index contributed by atoms with van der Waals surface area (Å²) in [6.45, 7) is 6.78. The molecule has 0 aliphatic carbocycles. The molecule has 1 aliphatic rings. The highest BCUT2D eigenvalue weighted by atomic mass is 35.5. The van der Waals surface area contributed by atoms with Gasteiger partial charge in [0.25, 0.3) is 0 Å². The molecule has 1 N–H and O–H groups in total. The van der Waals surface area contributed by atoms with E-state index >= 15 is 0 Å². The van der Waals surface area contributed by atoms with Crippen molar-refractivity contribution in [2.45, 2.75) is 19.5 Å². The molecule has 0 spiro atoms. The maximum absolute atomic E-state index is 3.41. The smallest absolute Gasteiger partial charge is 0.0237 e. The van der Waals surface area contributed by atoms with Crippen LogP contribution in [0.2, 0.25) is 0 Å². The van der Waals surface area contributed by atoms with Crippen molar-refractivity contribution < 1.29 is 0 Å². The van der Waals surface area contributed by atoms with Gasteiger partial charge in [-0.2, -0.15) is 0 Å². The third-order valence-corrected chi connectivity index (χ3v) is 2.87. The van der Waals surface area contributed by atoms with Crippen LogP contribution in [0.3, 0.4) is 0 Å². The molecule has 0 bridgehead atoms. The predicted octanol–water partition coefficient (Wildman–Crippen LogP) is 1.90. The topological polar surface area (TPSA) is 15.3 Å². The van der Waals surface area contributed by atoms with Crippen molar-refractivity contribution in [1.29, 1.82) is 0 Å². The highest BCUT2D eigenvalue weighted by Crippen LogP contribution is 2.09. The summed E-state index contributed by atoms with van der Waals surface area (Å²) in [6, 6.07) is 11.4. The van der Waals surface area contributed by atoms with Crippen LogP contribution < -0.4 is 5.32 Å². The van der Waals surface area contributed by atoms with Crippen molar-refractivity contribution in [2.75, 3.05) is 19.6 Å². The highest BCUT2D eigenvalue weighted by Gasteiger charge is 2.17. The monoisotopic (exact) mass is 226 g/mol. The van der Waals surface area contributed by atoms with E-state index in [9.17, 15) is 0 Å². The van der Waals surface area contributed by atoms with Crippen LogP contribution in [0.4, 0.5) is 0 Å². The van der Waals surface area contributed by atoms with E-state index in [2.05, 4.69) is 47.5 Å². The summed E-state index contributed by atoms with van der Waals surface area (Å²) in [6.07, 6.45) is 0. The van der Waals surface area contributed by atoms with Crippen molar-refractivity contribution in [3.63, 3.8) is 0 Å². The maximum Gasteiger partial charge on any atom is 0.0237 e. The average Bonchev–Trinajstić information content (AvgIpc) is 2.23. The van der Waals surface area contributed by atoms with Crippen LogP contribution in [0, 0.1) is 0 Å². The Bertz CT molecular complexity index is 276. The number of rotatable bonds is 2. The molecule has 2 nitrogen and oxygen atoms in total. The van der Waals surface area contributed by atoms with Crippen molar-refractivity contribution in [2.24, 2.45) is 0 Å². The Morgan fingerprint density at radius 3 is 2.73 bits per heavy atom. The van der Waals surface area contributed by atoms with Gasteiger partial charge in [-0.1, -0.05) is 30.3 Å². The quantitative estimate of drug-likeness (QED) is 0.829. The lowest BCUT2D eigenvalue weighted by Gasteiger charge is -2.33. The number of hydrogen-bond donors (Lipinski definition) is 1. The van der Waals surface area contributed by atoms with E-state index in [0.717, 1.165) is 26.2 Å². The van der Waals surface area contributed by atoms with Crippen LogP contribution in [0.15, 0.2) is 30.3 Å². The fourth-order valence-electron chi connectivity index (χ4n) is 1.94. The van der Waals surface area contributed by atoms with Gasteiger partial charge in [0.1, 0.15) is 0 Å². The van der Waals surface area contributed by atoms with Gasteiger partial charge in [0.15, 0.2) is 0 Å². The Morgan fingerprint density at radius 2 is 2.07 bits per heavy atom. The van der Waals surface area contributed by atoms with Crippen LogP contribution in [-0.2, 0) is 6.54 Å². The third kappa shape index (κ3) is 3.49. The van der Waals surface area contributed by atoms with E-state index in [1.165, 1.54) is 5.56 Å². The van der Waals surface area contributed by atoms with Crippen LogP contribution in [0.25, 0.3) is 0 Å². The zero-order chi connectivity index (χ0) is 9.80. The molecule has 0 amide bonds. The number of nitrogens with zero attached hydrogens (tertiary/aromatic N) is 1. The second-order valence-corrected chi connectivity index (χ2v) is 4.01. The molecule has 1 saturated heterocycles. The molecule has 1 aromatic carbocycles. The molecular weight excluding hydrogens is 208 g/mol. The standard InChI is InChI=1S/C12H18N2.ClH/c1-11-9-13-7-8-14(11)10-12-5-3-2-4-6-12;/h2-6,11,13H,7-10H2,1H3;1H/t11-;/m1./s1. The molecule has 1 aromatic rings. The van der Waals surface area contributed by atoms with Crippen molar-refractivity contribution in [3.8, 4) is 0 Å². The highest BCUT2D eigenvalue weighted by molar-refractivity contribution is 5.85. The number of piperazine rings is 1. The molecule has 1 atom stereocenters. The Hall–Kier alpha value is -0.570. The first-order chi connectivity index (χ1) is 6.86. The van der Waals surface area contributed by atoms with E-state index in [1.807, 2.05) is 0 Å². The predicted molar refractivity (Wildman–Crippen MR) is 66.4 cm³/mol. The van der Waals surface area contributed by atoms with Crippen LogP contribution in [-0.4, -0.2) is 30.6 Å². The summed E-state index contributed by atoms with van der Waals surface area (Å²) in [7, 11) is 0. The first-order valence-corrected chi connectivity index (χ1v) is 5.35. The number of nitrogens with one attached hydrogen (secondary N) is 1. The van der Waals surface area contributed by atoms with E-state index in [-0.39, 0.29) is 12.4 Å². The number of halogens is 1. The minimum atomic E-state index is 0. The zero-order valence-electron chi connectivity index (χ0n) is 9.15. The molecule has 3 heteroatoms. The minimum Gasteiger partial charge on any atom is -0.314 e. The molecule has 1 fully saturated rings. The Kier molecular flexibility index (Phi) is 5.09. The molecule has 2 rings (SSSR count). The third-order valence-electron chi connectivity index (χ3n) is 2.87. The lowest BCUT2D eigenvalue weighted by atomic mass is 10.1. The zero-order valence-corrected chi connectivity index (χ0v) is 9.96. The van der Waals surface area contributed by atoms with Gasteiger partial charge in [-0.3, -0.25) is 4.90 Å². The maximum atomic E-state index is 3.41. The summed E-state index contributed by atoms with van der Waals surface area (Å²) in [5.41, 5.74) is 1.42. The van der Waals surface area contributed by atoms with E-state index in [4.69, 9.17) is 0 Å². The molecule has 0 aromatic heterocycles. The fraction of sp³-hybridized carbons (Fsp3) is 0.500. The summed E-state index contributed by atoms with van der Waals surface area (Å²) in [5.74, 6) is 0. The van der Waals surface area contributed by atoms with Gasteiger partial charge in [-0.15, -0.1) is 12.4 Å². The van der Waals surface area contributed by atoms with Crippen LogP contribution >= 0.6 is 12.4 Å². The van der Waals surface area contributed by atoms with Crippen LogP contribution in [0.1, 0.15) is 12.5 Å². The molecule has 0 unspecified atom stereocenters. The van der Waals surface area contributed by atoms with E-state index in [1.54, 1.807) is 0 Å². The van der Waals surface area contributed by atoms with Gasteiger partial charge in [-0.05, 0) is 12.5 Å². The van der Waals surface area contributed by atoms with Gasteiger partial charge in [-0.25, -0.2) is 0 Å². The average molecular weight is 227 g/mol. The molecule has 0 saturated carbocycles. The van der Waals surface area contributed by atoms with E-state index < -0.39 is 0 Å². The molecular formula is C12H19ClN2. The SMILES string of the molecule is C[C@@H]1CNCCN1Cc1ccccc1.Cl. The van der Waals surface area contributed by atoms with Gasteiger partial charge >= 0.3 is 0 Å². The van der Waals surface area contributed by atoms with Crippen LogP contribution in [0.5, 0.6) is 0 Å².